The fourth-order valence-electron chi connectivity index (χ4n) is 2.28. The third kappa shape index (κ3) is 3.01. The van der Waals surface area contributed by atoms with Gasteiger partial charge in [-0.3, -0.25) is 4.79 Å². The molecule has 2 rings (SSSR count). The maximum Gasteiger partial charge on any atom is 0.251 e. The molecule has 1 aliphatic heterocycles. The summed E-state index contributed by atoms with van der Waals surface area (Å²) in [5.74, 6) is 0.0609. The van der Waals surface area contributed by atoms with Crippen molar-refractivity contribution in [3.63, 3.8) is 0 Å². The maximum atomic E-state index is 12.0. The molecular weight excluding hydrogens is 228 g/mol. The van der Waals surface area contributed by atoms with Crippen molar-refractivity contribution < 1.29 is 9.90 Å². The van der Waals surface area contributed by atoms with Crippen LogP contribution in [0.15, 0.2) is 18.2 Å². The van der Waals surface area contributed by atoms with E-state index in [0.717, 1.165) is 24.9 Å². The van der Waals surface area contributed by atoms with Gasteiger partial charge in [-0.15, -0.1) is 0 Å². The number of benzene rings is 1. The van der Waals surface area contributed by atoms with Gasteiger partial charge in [0.05, 0.1) is 0 Å². The first kappa shape index (κ1) is 12.9. The monoisotopic (exact) mass is 248 g/mol. The lowest BCUT2D eigenvalue weighted by molar-refractivity contribution is 0.0925. The van der Waals surface area contributed by atoms with Crippen molar-refractivity contribution in [3.05, 3.63) is 29.3 Å². The standard InChI is InChI=1S/C14H20N2O2/c1-9-3-4-11(8-13(9)17)14(18)16-12-5-6-15-10(2)7-12/h3-4,8,10,12,15,17H,5-7H2,1-2H3,(H,16,18). The molecule has 1 saturated heterocycles. The van der Waals surface area contributed by atoms with Gasteiger partial charge in [0.25, 0.3) is 5.91 Å². The number of aryl methyl sites for hydroxylation is 1. The molecule has 1 amide bonds. The second kappa shape index (κ2) is 5.40. The molecule has 1 aliphatic rings. The number of carbonyl (C=O) groups is 1. The van der Waals surface area contributed by atoms with Gasteiger partial charge in [-0.05, 0) is 50.9 Å². The summed E-state index contributed by atoms with van der Waals surface area (Å²) in [4.78, 5) is 12.0. The highest BCUT2D eigenvalue weighted by Crippen LogP contribution is 2.18. The van der Waals surface area contributed by atoms with Crippen LogP contribution in [0.2, 0.25) is 0 Å². The normalized spacial score (nSPS) is 23.7. The van der Waals surface area contributed by atoms with Gasteiger partial charge in [0.1, 0.15) is 5.75 Å². The zero-order valence-electron chi connectivity index (χ0n) is 10.9. The van der Waals surface area contributed by atoms with Crippen LogP contribution in [-0.4, -0.2) is 29.6 Å². The summed E-state index contributed by atoms with van der Waals surface area (Å²) >= 11 is 0. The van der Waals surface area contributed by atoms with Gasteiger partial charge in [-0.2, -0.15) is 0 Å². The first-order valence-electron chi connectivity index (χ1n) is 6.40. The number of nitrogens with one attached hydrogen (secondary N) is 2. The fourth-order valence-corrected chi connectivity index (χ4v) is 2.28. The predicted molar refractivity (Wildman–Crippen MR) is 70.8 cm³/mol. The molecule has 1 fully saturated rings. The second-order valence-electron chi connectivity index (χ2n) is 5.05. The van der Waals surface area contributed by atoms with Gasteiger partial charge >= 0.3 is 0 Å². The minimum Gasteiger partial charge on any atom is -0.508 e. The average molecular weight is 248 g/mol. The summed E-state index contributed by atoms with van der Waals surface area (Å²) in [6.45, 7) is 4.87. The van der Waals surface area contributed by atoms with E-state index in [1.165, 1.54) is 6.07 Å². The van der Waals surface area contributed by atoms with Gasteiger partial charge in [-0.1, -0.05) is 6.07 Å². The highest BCUT2D eigenvalue weighted by atomic mass is 16.3. The van der Waals surface area contributed by atoms with Gasteiger partial charge < -0.3 is 15.7 Å². The van der Waals surface area contributed by atoms with E-state index >= 15 is 0 Å². The number of piperidine rings is 1. The number of hydrogen-bond donors (Lipinski definition) is 3. The number of carbonyl (C=O) groups excluding carboxylic acids is 1. The SMILES string of the molecule is Cc1ccc(C(=O)NC2CCNC(C)C2)cc1O. The zero-order valence-corrected chi connectivity index (χ0v) is 10.9. The van der Waals surface area contributed by atoms with Crippen LogP contribution >= 0.6 is 0 Å². The van der Waals surface area contributed by atoms with E-state index in [4.69, 9.17) is 0 Å². The summed E-state index contributed by atoms with van der Waals surface area (Å²) in [5, 5.41) is 16.0. The molecule has 2 atom stereocenters. The lowest BCUT2D eigenvalue weighted by Crippen LogP contribution is -2.46. The van der Waals surface area contributed by atoms with Crippen LogP contribution in [0.25, 0.3) is 0 Å². The van der Waals surface area contributed by atoms with E-state index in [1.807, 2.05) is 6.92 Å². The van der Waals surface area contributed by atoms with Crippen molar-refractivity contribution in [1.82, 2.24) is 10.6 Å². The topological polar surface area (TPSA) is 61.4 Å². The molecule has 0 aromatic heterocycles. The Balaban J connectivity index is 2.00. The Morgan fingerprint density at radius 1 is 1.50 bits per heavy atom. The molecule has 2 unspecified atom stereocenters. The summed E-state index contributed by atoms with van der Waals surface area (Å²) in [7, 11) is 0. The molecule has 0 aliphatic carbocycles. The number of rotatable bonds is 2. The Bertz CT molecular complexity index is 445. The molecule has 0 spiro atoms. The van der Waals surface area contributed by atoms with E-state index in [0.29, 0.717) is 11.6 Å². The lowest BCUT2D eigenvalue weighted by atomic mass is 10.00. The first-order valence-corrected chi connectivity index (χ1v) is 6.40. The molecule has 0 saturated carbocycles. The van der Waals surface area contributed by atoms with E-state index in [2.05, 4.69) is 17.6 Å². The van der Waals surface area contributed by atoms with Crippen LogP contribution in [0.3, 0.4) is 0 Å². The largest absolute Gasteiger partial charge is 0.508 e. The molecule has 4 nitrogen and oxygen atoms in total. The van der Waals surface area contributed by atoms with Crippen LogP contribution in [-0.2, 0) is 0 Å². The van der Waals surface area contributed by atoms with Crippen LogP contribution in [0.5, 0.6) is 5.75 Å². The van der Waals surface area contributed by atoms with Crippen molar-refractivity contribution in [3.8, 4) is 5.75 Å². The van der Waals surface area contributed by atoms with Crippen molar-refractivity contribution >= 4 is 5.91 Å². The van der Waals surface area contributed by atoms with Gasteiger partial charge in [-0.25, -0.2) is 0 Å². The molecule has 1 aromatic carbocycles. The summed E-state index contributed by atoms with van der Waals surface area (Å²) in [6.07, 6.45) is 1.90. The Labute approximate surface area is 107 Å². The Morgan fingerprint density at radius 2 is 2.28 bits per heavy atom. The van der Waals surface area contributed by atoms with Crippen molar-refractivity contribution in [2.75, 3.05) is 6.54 Å². The Hall–Kier alpha value is -1.55. The number of phenolic OH excluding ortho intramolecular Hbond substituents is 1. The maximum absolute atomic E-state index is 12.0. The highest BCUT2D eigenvalue weighted by molar-refractivity contribution is 5.94. The van der Waals surface area contributed by atoms with Crippen LogP contribution in [0, 0.1) is 6.92 Å². The van der Waals surface area contributed by atoms with E-state index in [1.54, 1.807) is 12.1 Å². The highest BCUT2D eigenvalue weighted by Gasteiger charge is 2.20. The average Bonchev–Trinajstić information content (AvgIpc) is 2.32. The predicted octanol–water partition coefficient (Wildman–Crippen LogP) is 1.57. The number of aromatic hydroxyl groups is 1. The summed E-state index contributed by atoms with van der Waals surface area (Å²) < 4.78 is 0. The smallest absolute Gasteiger partial charge is 0.251 e. The summed E-state index contributed by atoms with van der Waals surface area (Å²) in [6, 6.07) is 5.69. The lowest BCUT2D eigenvalue weighted by Gasteiger charge is -2.28. The third-order valence-corrected chi connectivity index (χ3v) is 3.43. The van der Waals surface area contributed by atoms with Crippen molar-refractivity contribution in [2.45, 2.75) is 38.8 Å². The Morgan fingerprint density at radius 3 is 2.94 bits per heavy atom. The minimum atomic E-state index is -0.107. The van der Waals surface area contributed by atoms with E-state index in [9.17, 15) is 9.90 Å². The zero-order chi connectivity index (χ0) is 13.1. The molecule has 18 heavy (non-hydrogen) atoms. The molecule has 3 N–H and O–H groups in total. The summed E-state index contributed by atoms with van der Waals surface area (Å²) in [5.41, 5.74) is 1.30. The minimum absolute atomic E-state index is 0.107. The molecule has 98 valence electrons. The van der Waals surface area contributed by atoms with E-state index < -0.39 is 0 Å². The fraction of sp³-hybridized carbons (Fsp3) is 0.500. The molecule has 1 heterocycles. The Kier molecular flexibility index (Phi) is 3.87. The van der Waals surface area contributed by atoms with Crippen molar-refractivity contribution in [2.24, 2.45) is 0 Å². The molecule has 1 aromatic rings. The van der Waals surface area contributed by atoms with Crippen LogP contribution < -0.4 is 10.6 Å². The third-order valence-electron chi connectivity index (χ3n) is 3.43. The molecule has 0 radical (unpaired) electrons. The molecular formula is C14H20N2O2. The van der Waals surface area contributed by atoms with Crippen molar-refractivity contribution in [1.29, 1.82) is 0 Å². The van der Waals surface area contributed by atoms with Crippen LogP contribution in [0.4, 0.5) is 0 Å². The van der Waals surface area contributed by atoms with Gasteiger partial charge in [0, 0.05) is 17.6 Å². The quantitative estimate of drug-likeness (QED) is 0.744. The molecule has 0 bridgehead atoms. The van der Waals surface area contributed by atoms with Gasteiger partial charge in [0.2, 0.25) is 0 Å². The van der Waals surface area contributed by atoms with E-state index in [-0.39, 0.29) is 17.7 Å². The number of hydrogen-bond acceptors (Lipinski definition) is 3. The molecule has 4 heteroatoms. The van der Waals surface area contributed by atoms with Crippen LogP contribution in [0.1, 0.15) is 35.7 Å². The number of amides is 1. The number of phenols is 1. The first-order chi connectivity index (χ1) is 8.56. The second-order valence-corrected chi connectivity index (χ2v) is 5.05. The van der Waals surface area contributed by atoms with Gasteiger partial charge in [0.15, 0.2) is 0 Å².